The normalized spacial score (nSPS) is 10.2. The van der Waals surface area contributed by atoms with Gasteiger partial charge < -0.3 is 14.8 Å². The van der Waals surface area contributed by atoms with E-state index in [1.54, 1.807) is 0 Å². The number of ether oxygens (including phenoxy) is 1. The molecule has 17 heavy (non-hydrogen) atoms. The van der Waals surface area contributed by atoms with Gasteiger partial charge >= 0.3 is 5.97 Å². The summed E-state index contributed by atoms with van der Waals surface area (Å²) in [6, 6.07) is 7.34. The number of halogens is 1. The van der Waals surface area contributed by atoms with Crippen LogP contribution in [0.1, 0.15) is 16.3 Å². The van der Waals surface area contributed by atoms with Gasteiger partial charge in [-0.1, -0.05) is 15.9 Å². The van der Waals surface area contributed by atoms with Crippen LogP contribution in [0.3, 0.4) is 0 Å². The Bertz CT molecular complexity index is 522. The van der Waals surface area contributed by atoms with E-state index in [4.69, 9.17) is 9.84 Å². The van der Waals surface area contributed by atoms with Crippen LogP contribution < -0.4 is 4.74 Å². The molecule has 0 amide bonds. The highest BCUT2D eigenvalue weighted by Gasteiger charge is 2.07. The highest BCUT2D eigenvalue weighted by molar-refractivity contribution is 9.10. The molecule has 0 bridgehead atoms. The fraction of sp³-hybridized carbons (Fsp3) is 0.0909. The third-order valence-electron chi connectivity index (χ3n) is 2.05. The van der Waals surface area contributed by atoms with Gasteiger partial charge in [-0.25, -0.2) is 9.78 Å². The summed E-state index contributed by atoms with van der Waals surface area (Å²) in [5, 5.41) is 8.70. The Morgan fingerprint density at radius 3 is 2.71 bits per heavy atom. The van der Waals surface area contributed by atoms with Gasteiger partial charge in [-0.05, 0) is 24.3 Å². The number of nitrogens with one attached hydrogen (secondary N) is 1. The van der Waals surface area contributed by atoms with E-state index >= 15 is 0 Å². The van der Waals surface area contributed by atoms with Crippen molar-refractivity contribution in [3.05, 3.63) is 46.5 Å². The lowest BCUT2D eigenvalue weighted by Crippen LogP contribution is -2.00. The molecule has 0 aliphatic rings. The minimum Gasteiger partial charge on any atom is -0.486 e. The number of rotatable bonds is 4. The average Bonchev–Trinajstić information content (AvgIpc) is 2.77. The maximum atomic E-state index is 10.6. The minimum absolute atomic E-state index is 0.0550. The molecule has 1 aromatic carbocycles. The van der Waals surface area contributed by atoms with Crippen LogP contribution in [-0.4, -0.2) is 21.0 Å². The molecule has 0 saturated carbocycles. The number of carboxylic acids is 1. The number of nitrogens with zero attached hydrogens (tertiary/aromatic N) is 1. The Labute approximate surface area is 106 Å². The molecule has 0 unspecified atom stereocenters. The highest BCUT2D eigenvalue weighted by Crippen LogP contribution is 2.16. The summed E-state index contributed by atoms with van der Waals surface area (Å²) in [4.78, 5) is 17.2. The van der Waals surface area contributed by atoms with Crippen molar-refractivity contribution in [1.82, 2.24) is 9.97 Å². The van der Waals surface area contributed by atoms with Crippen molar-refractivity contribution in [1.29, 1.82) is 0 Å². The zero-order valence-corrected chi connectivity index (χ0v) is 10.3. The third-order valence-corrected chi connectivity index (χ3v) is 2.58. The summed E-state index contributed by atoms with van der Waals surface area (Å²) >= 11 is 3.32. The molecule has 2 aromatic rings. The number of carboxylic acid groups (broad SMARTS) is 1. The summed E-state index contributed by atoms with van der Waals surface area (Å²) < 4.78 is 6.40. The van der Waals surface area contributed by atoms with E-state index in [1.165, 1.54) is 6.20 Å². The van der Waals surface area contributed by atoms with Crippen molar-refractivity contribution in [2.45, 2.75) is 6.61 Å². The van der Waals surface area contributed by atoms with Crippen molar-refractivity contribution in [3.8, 4) is 5.75 Å². The van der Waals surface area contributed by atoms with Gasteiger partial charge in [0.25, 0.3) is 0 Å². The van der Waals surface area contributed by atoms with Crippen molar-refractivity contribution >= 4 is 21.9 Å². The van der Waals surface area contributed by atoms with E-state index in [9.17, 15) is 4.79 Å². The molecule has 0 aliphatic carbocycles. The number of imidazole rings is 1. The molecule has 5 nitrogen and oxygen atoms in total. The second kappa shape index (κ2) is 5.01. The maximum Gasteiger partial charge on any atom is 0.353 e. The highest BCUT2D eigenvalue weighted by atomic mass is 79.9. The fourth-order valence-electron chi connectivity index (χ4n) is 1.23. The van der Waals surface area contributed by atoms with Crippen LogP contribution >= 0.6 is 15.9 Å². The van der Waals surface area contributed by atoms with Crippen molar-refractivity contribution < 1.29 is 14.6 Å². The van der Waals surface area contributed by atoms with Gasteiger partial charge in [-0.3, -0.25) is 0 Å². The lowest BCUT2D eigenvalue weighted by molar-refractivity contribution is 0.0691. The lowest BCUT2D eigenvalue weighted by Gasteiger charge is -2.03. The van der Waals surface area contributed by atoms with E-state index in [0.29, 0.717) is 11.6 Å². The molecule has 0 aliphatic heterocycles. The maximum absolute atomic E-state index is 10.6. The van der Waals surface area contributed by atoms with E-state index in [1.807, 2.05) is 24.3 Å². The minimum atomic E-state index is -1.03. The number of hydrogen-bond donors (Lipinski definition) is 2. The van der Waals surface area contributed by atoms with Crippen LogP contribution in [0.4, 0.5) is 0 Å². The predicted octanol–water partition coefficient (Wildman–Crippen LogP) is 2.45. The first kappa shape index (κ1) is 11.7. The van der Waals surface area contributed by atoms with Gasteiger partial charge in [0.05, 0.1) is 6.20 Å². The second-order valence-corrected chi connectivity index (χ2v) is 4.21. The first-order valence-electron chi connectivity index (χ1n) is 4.80. The van der Waals surface area contributed by atoms with Crippen LogP contribution in [0.15, 0.2) is 34.9 Å². The average molecular weight is 297 g/mol. The molecule has 0 spiro atoms. The summed E-state index contributed by atoms with van der Waals surface area (Å²) in [5.41, 5.74) is 0.0550. The van der Waals surface area contributed by atoms with Gasteiger partial charge in [-0.2, -0.15) is 0 Å². The van der Waals surface area contributed by atoms with Crippen molar-refractivity contribution in [3.63, 3.8) is 0 Å². The number of benzene rings is 1. The van der Waals surface area contributed by atoms with Gasteiger partial charge in [-0.15, -0.1) is 0 Å². The number of aromatic nitrogens is 2. The topological polar surface area (TPSA) is 75.2 Å². The molecular weight excluding hydrogens is 288 g/mol. The zero-order valence-electron chi connectivity index (χ0n) is 8.68. The Morgan fingerprint density at radius 2 is 2.12 bits per heavy atom. The number of hydrogen-bond acceptors (Lipinski definition) is 3. The van der Waals surface area contributed by atoms with E-state index < -0.39 is 5.97 Å². The van der Waals surface area contributed by atoms with Crippen molar-refractivity contribution in [2.75, 3.05) is 0 Å². The number of aromatic carboxylic acids is 1. The summed E-state index contributed by atoms with van der Waals surface area (Å²) in [6.45, 7) is 0.203. The molecule has 0 fully saturated rings. The molecule has 0 radical (unpaired) electrons. The quantitative estimate of drug-likeness (QED) is 0.909. The zero-order chi connectivity index (χ0) is 12.3. The number of carbonyl (C=O) groups is 1. The molecule has 1 heterocycles. The third kappa shape index (κ3) is 3.07. The van der Waals surface area contributed by atoms with Crippen LogP contribution in [0, 0.1) is 0 Å². The van der Waals surface area contributed by atoms with Crippen LogP contribution in [0.25, 0.3) is 0 Å². The van der Waals surface area contributed by atoms with Gasteiger partial charge in [0.1, 0.15) is 23.9 Å². The smallest absolute Gasteiger partial charge is 0.353 e. The van der Waals surface area contributed by atoms with Crippen molar-refractivity contribution in [2.24, 2.45) is 0 Å². The standard InChI is InChI=1S/C11H9BrN2O3/c12-7-1-3-8(4-2-7)17-6-10-13-5-9(14-10)11(15)16/h1-5H,6H2,(H,13,14)(H,15,16). The molecule has 88 valence electrons. The molecule has 2 rings (SSSR count). The summed E-state index contributed by atoms with van der Waals surface area (Å²) in [5.74, 6) is 0.138. The van der Waals surface area contributed by atoms with Crippen LogP contribution in [0.5, 0.6) is 5.75 Å². The largest absolute Gasteiger partial charge is 0.486 e. The Kier molecular flexibility index (Phi) is 3.43. The van der Waals surface area contributed by atoms with E-state index in [2.05, 4.69) is 25.9 Å². The predicted molar refractivity (Wildman–Crippen MR) is 64.0 cm³/mol. The van der Waals surface area contributed by atoms with Gasteiger partial charge in [0.2, 0.25) is 0 Å². The number of H-pyrrole nitrogens is 1. The monoisotopic (exact) mass is 296 g/mol. The first-order chi connectivity index (χ1) is 8.15. The fourth-order valence-corrected chi connectivity index (χ4v) is 1.49. The molecular formula is C11H9BrN2O3. The molecule has 6 heteroatoms. The van der Waals surface area contributed by atoms with Gasteiger partial charge in [0, 0.05) is 4.47 Å². The molecule has 0 saturated heterocycles. The molecule has 1 aromatic heterocycles. The summed E-state index contributed by atoms with van der Waals surface area (Å²) in [7, 11) is 0. The number of aromatic amines is 1. The van der Waals surface area contributed by atoms with Crippen LogP contribution in [-0.2, 0) is 6.61 Å². The Balaban J connectivity index is 1.97. The molecule has 2 N–H and O–H groups in total. The lowest BCUT2D eigenvalue weighted by atomic mass is 10.3. The molecule has 0 atom stereocenters. The SMILES string of the molecule is O=C(O)c1cnc(COc2ccc(Br)cc2)[nH]1. The van der Waals surface area contributed by atoms with E-state index in [-0.39, 0.29) is 12.3 Å². The van der Waals surface area contributed by atoms with Crippen LogP contribution in [0.2, 0.25) is 0 Å². The Morgan fingerprint density at radius 1 is 1.41 bits per heavy atom. The second-order valence-electron chi connectivity index (χ2n) is 3.29. The van der Waals surface area contributed by atoms with Gasteiger partial charge in [0.15, 0.2) is 0 Å². The summed E-state index contributed by atoms with van der Waals surface area (Å²) in [6.07, 6.45) is 1.27. The van der Waals surface area contributed by atoms with E-state index in [0.717, 1.165) is 4.47 Å². The first-order valence-corrected chi connectivity index (χ1v) is 5.60. The Hall–Kier alpha value is -1.82.